The normalized spacial score (nSPS) is 12.0. The molecule has 10 heavy (non-hydrogen) atoms. The van der Waals surface area contributed by atoms with Crippen molar-refractivity contribution in [2.75, 3.05) is 6.54 Å². The fourth-order valence-corrected chi connectivity index (χ4v) is 1.12. The minimum Gasteiger partial charge on any atom is -0.327 e. The molecule has 1 rings (SSSR count). The minimum atomic E-state index is 0.609. The van der Waals surface area contributed by atoms with Crippen LogP contribution in [0, 0.1) is 0 Å². The van der Waals surface area contributed by atoms with Gasteiger partial charge >= 0.3 is 0 Å². The van der Waals surface area contributed by atoms with Crippen molar-refractivity contribution in [2.45, 2.75) is 6.92 Å². The molecule has 1 aromatic heterocycles. The molecular weight excluding hydrogens is 144 g/mol. The van der Waals surface area contributed by atoms with Crippen LogP contribution in [0.3, 0.4) is 0 Å². The molecule has 0 unspecified atom stereocenters. The van der Waals surface area contributed by atoms with Crippen molar-refractivity contribution in [3.63, 3.8) is 0 Å². The molecule has 0 amide bonds. The van der Waals surface area contributed by atoms with Crippen LogP contribution < -0.4 is 5.73 Å². The Bertz CT molecular complexity index is 214. The summed E-state index contributed by atoms with van der Waals surface area (Å²) in [6, 6.07) is 0. The molecule has 0 radical (unpaired) electrons. The quantitative estimate of drug-likeness (QED) is 0.701. The van der Waals surface area contributed by atoms with Crippen LogP contribution >= 0.6 is 11.3 Å². The lowest BCUT2D eigenvalue weighted by molar-refractivity contribution is 1.15. The third kappa shape index (κ3) is 1.93. The first-order chi connectivity index (χ1) is 4.83. The molecule has 0 atom stereocenters. The van der Waals surface area contributed by atoms with Gasteiger partial charge in [-0.1, -0.05) is 5.57 Å². The molecule has 0 aliphatic rings. The maximum absolute atomic E-state index is 5.40. The zero-order valence-corrected chi connectivity index (χ0v) is 6.69. The first-order valence-electron chi connectivity index (χ1n) is 3.08. The van der Waals surface area contributed by atoms with Gasteiger partial charge in [0.05, 0.1) is 11.2 Å². The van der Waals surface area contributed by atoms with E-state index in [0.717, 1.165) is 11.3 Å². The summed E-state index contributed by atoms with van der Waals surface area (Å²) in [5.74, 6) is 0. The van der Waals surface area contributed by atoms with E-state index in [0.29, 0.717) is 6.54 Å². The predicted molar refractivity (Wildman–Crippen MR) is 44.8 cm³/mol. The SMILES string of the molecule is CC(=Cc1cscn1)CN. The van der Waals surface area contributed by atoms with Gasteiger partial charge in [-0.3, -0.25) is 0 Å². The monoisotopic (exact) mass is 154 g/mol. The highest BCUT2D eigenvalue weighted by atomic mass is 32.1. The summed E-state index contributed by atoms with van der Waals surface area (Å²) in [4.78, 5) is 4.09. The van der Waals surface area contributed by atoms with E-state index >= 15 is 0 Å². The second kappa shape index (κ2) is 3.49. The number of aromatic nitrogens is 1. The number of nitrogens with zero attached hydrogens (tertiary/aromatic N) is 1. The number of hydrogen-bond acceptors (Lipinski definition) is 3. The summed E-state index contributed by atoms with van der Waals surface area (Å²) in [6.45, 7) is 2.61. The van der Waals surface area contributed by atoms with Crippen molar-refractivity contribution < 1.29 is 0 Å². The smallest absolute Gasteiger partial charge is 0.0798 e. The Hall–Kier alpha value is -0.670. The molecule has 2 nitrogen and oxygen atoms in total. The number of hydrogen-bond donors (Lipinski definition) is 1. The van der Waals surface area contributed by atoms with Crippen LogP contribution in [0.4, 0.5) is 0 Å². The average Bonchev–Trinajstić information content (AvgIpc) is 2.40. The van der Waals surface area contributed by atoms with Crippen LogP contribution in [-0.2, 0) is 0 Å². The van der Waals surface area contributed by atoms with Crippen LogP contribution in [0.15, 0.2) is 16.5 Å². The van der Waals surface area contributed by atoms with E-state index in [1.807, 2.05) is 23.9 Å². The lowest BCUT2D eigenvalue weighted by atomic mass is 10.2. The van der Waals surface area contributed by atoms with Gasteiger partial charge in [0.1, 0.15) is 0 Å². The summed E-state index contributed by atoms with van der Waals surface area (Å²) in [5.41, 5.74) is 9.38. The maximum atomic E-state index is 5.40. The van der Waals surface area contributed by atoms with Crippen LogP contribution in [0.25, 0.3) is 6.08 Å². The van der Waals surface area contributed by atoms with Crippen molar-refractivity contribution in [1.29, 1.82) is 0 Å². The van der Waals surface area contributed by atoms with E-state index in [9.17, 15) is 0 Å². The van der Waals surface area contributed by atoms with Crippen molar-refractivity contribution >= 4 is 17.4 Å². The van der Waals surface area contributed by atoms with Gasteiger partial charge in [0.2, 0.25) is 0 Å². The Morgan fingerprint density at radius 1 is 1.90 bits per heavy atom. The van der Waals surface area contributed by atoms with Crippen LogP contribution in [0.2, 0.25) is 0 Å². The Kier molecular flexibility index (Phi) is 2.59. The highest BCUT2D eigenvalue weighted by Crippen LogP contribution is 2.05. The maximum Gasteiger partial charge on any atom is 0.0798 e. The summed E-state index contributed by atoms with van der Waals surface area (Å²) in [5, 5.41) is 2.00. The van der Waals surface area contributed by atoms with E-state index in [2.05, 4.69) is 4.98 Å². The molecule has 0 bridgehead atoms. The van der Waals surface area contributed by atoms with Crippen molar-refractivity contribution in [1.82, 2.24) is 4.98 Å². The molecule has 1 heterocycles. The Labute approximate surface area is 64.4 Å². The second-order valence-corrected chi connectivity index (χ2v) is 2.83. The van der Waals surface area contributed by atoms with E-state index in [-0.39, 0.29) is 0 Å². The standard InChI is InChI=1S/C7H10N2S/c1-6(3-8)2-7-4-10-5-9-7/h2,4-5H,3,8H2,1H3. The third-order valence-corrected chi connectivity index (χ3v) is 1.77. The molecular formula is C7H10N2S. The largest absolute Gasteiger partial charge is 0.327 e. The molecule has 0 aliphatic heterocycles. The predicted octanol–water partition coefficient (Wildman–Crippen LogP) is 1.51. The number of thiazole rings is 1. The Morgan fingerprint density at radius 3 is 3.20 bits per heavy atom. The van der Waals surface area contributed by atoms with Gasteiger partial charge in [-0.15, -0.1) is 11.3 Å². The molecule has 0 aromatic carbocycles. The first-order valence-corrected chi connectivity index (χ1v) is 4.02. The molecule has 0 aliphatic carbocycles. The lowest BCUT2D eigenvalue weighted by Crippen LogP contribution is -1.99. The van der Waals surface area contributed by atoms with Gasteiger partial charge in [0, 0.05) is 11.9 Å². The van der Waals surface area contributed by atoms with Gasteiger partial charge < -0.3 is 5.73 Å². The second-order valence-electron chi connectivity index (χ2n) is 2.11. The highest BCUT2D eigenvalue weighted by Gasteiger charge is 1.88. The topological polar surface area (TPSA) is 38.9 Å². The van der Waals surface area contributed by atoms with Crippen LogP contribution in [-0.4, -0.2) is 11.5 Å². The lowest BCUT2D eigenvalue weighted by Gasteiger charge is -1.90. The summed E-state index contributed by atoms with van der Waals surface area (Å²) >= 11 is 1.60. The number of nitrogens with two attached hydrogens (primary N) is 1. The van der Waals surface area contributed by atoms with Gasteiger partial charge in [0.15, 0.2) is 0 Å². The zero-order valence-electron chi connectivity index (χ0n) is 5.87. The zero-order chi connectivity index (χ0) is 7.40. The molecule has 2 N–H and O–H groups in total. The minimum absolute atomic E-state index is 0.609. The summed E-state index contributed by atoms with van der Waals surface area (Å²) in [7, 11) is 0. The molecule has 0 fully saturated rings. The highest BCUT2D eigenvalue weighted by molar-refractivity contribution is 7.07. The summed E-state index contributed by atoms with van der Waals surface area (Å²) in [6.07, 6.45) is 2.00. The van der Waals surface area contributed by atoms with Gasteiger partial charge in [0.25, 0.3) is 0 Å². The number of rotatable bonds is 2. The van der Waals surface area contributed by atoms with E-state index < -0.39 is 0 Å². The molecule has 1 aromatic rings. The average molecular weight is 154 g/mol. The van der Waals surface area contributed by atoms with E-state index in [1.165, 1.54) is 0 Å². The molecule has 3 heteroatoms. The third-order valence-electron chi connectivity index (χ3n) is 1.17. The fourth-order valence-electron chi connectivity index (χ4n) is 0.605. The van der Waals surface area contributed by atoms with Gasteiger partial charge in [-0.05, 0) is 13.0 Å². The van der Waals surface area contributed by atoms with E-state index in [4.69, 9.17) is 5.73 Å². The van der Waals surface area contributed by atoms with Crippen LogP contribution in [0.5, 0.6) is 0 Å². The van der Waals surface area contributed by atoms with Gasteiger partial charge in [-0.25, -0.2) is 4.98 Å². The Balaban J connectivity index is 2.71. The summed E-state index contributed by atoms with van der Waals surface area (Å²) < 4.78 is 0. The van der Waals surface area contributed by atoms with Crippen LogP contribution in [0.1, 0.15) is 12.6 Å². The van der Waals surface area contributed by atoms with Crippen molar-refractivity contribution in [3.8, 4) is 0 Å². The first kappa shape index (κ1) is 7.44. The molecule has 0 saturated heterocycles. The molecule has 0 spiro atoms. The van der Waals surface area contributed by atoms with Crippen molar-refractivity contribution in [3.05, 3.63) is 22.2 Å². The molecule has 0 saturated carbocycles. The van der Waals surface area contributed by atoms with Gasteiger partial charge in [-0.2, -0.15) is 0 Å². The Morgan fingerprint density at radius 2 is 2.70 bits per heavy atom. The van der Waals surface area contributed by atoms with Crippen molar-refractivity contribution in [2.24, 2.45) is 5.73 Å². The fraction of sp³-hybridized carbons (Fsp3) is 0.286. The van der Waals surface area contributed by atoms with E-state index in [1.54, 1.807) is 11.3 Å². The molecule has 54 valence electrons.